The zero-order valence-electron chi connectivity index (χ0n) is 12.8. The molecule has 1 aromatic rings. The van der Waals surface area contributed by atoms with Crippen molar-refractivity contribution < 1.29 is 0 Å². The minimum atomic E-state index is -0.0873. The van der Waals surface area contributed by atoms with Crippen LogP contribution < -0.4 is 5.73 Å². The number of aryl methyl sites for hydroxylation is 1. The fraction of sp³-hybridized carbons (Fsp3) is 0.867. The molecule has 0 saturated heterocycles. The molecule has 1 heterocycles. The number of nitrogens with two attached hydrogens (primary N) is 1. The normalized spacial score (nSPS) is 29.2. The maximum absolute atomic E-state index is 6.63. The van der Waals surface area contributed by atoms with Gasteiger partial charge in [-0.15, -0.1) is 5.10 Å². The van der Waals surface area contributed by atoms with Crippen LogP contribution in [0, 0.1) is 11.3 Å². The Kier molecular flexibility index (Phi) is 4.00. The van der Waals surface area contributed by atoms with Crippen molar-refractivity contribution in [1.82, 2.24) is 15.0 Å². The van der Waals surface area contributed by atoms with E-state index < -0.39 is 0 Å². The molecule has 1 aliphatic carbocycles. The van der Waals surface area contributed by atoms with Crippen LogP contribution in [0.1, 0.15) is 58.6 Å². The third-order valence-corrected chi connectivity index (χ3v) is 4.63. The summed E-state index contributed by atoms with van der Waals surface area (Å²) in [5, 5.41) is 8.19. The Labute approximate surface area is 116 Å². The zero-order valence-corrected chi connectivity index (χ0v) is 12.8. The molecule has 2 N–H and O–H groups in total. The molecule has 1 saturated carbocycles. The summed E-state index contributed by atoms with van der Waals surface area (Å²) in [4.78, 5) is 0. The van der Waals surface area contributed by atoms with Crippen LogP contribution in [0.3, 0.4) is 0 Å². The molecule has 0 aliphatic heterocycles. The molecular weight excluding hydrogens is 236 g/mol. The van der Waals surface area contributed by atoms with Gasteiger partial charge >= 0.3 is 0 Å². The average Bonchev–Trinajstić information content (AvgIpc) is 2.56. The van der Waals surface area contributed by atoms with Crippen molar-refractivity contribution in [2.75, 3.05) is 0 Å². The van der Waals surface area contributed by atoms with E-state index in [1.807, 2.05) is 13.2 Å². The Morgan fingerprint density at radius 3 is 2.68 bits per heavy atom. The highest BCUT2D eigenvalue weighted by Gasteiger charge is 2.34. The van der Waals surface area contributed by atoms with Crippen molar-refractivity contribution in [3.63, 3.8) is 0 Å². The first-order valence-electron chi connectivity index (χ1n) is 7.43. The molecule has 108 valence electrons. The van der Waals surface area contributed by atoms with Crippen LogP contribution in [0.25, 0.3) is 0 Å². The van der Waals surface area contributed by atoms with E-state index in [4.69, 9.17) is 5.73 Å². The standard InChI is InChI=1S/C15H28N4/c1-14(2,3)12-6-5-8-15(16,9-7-12)10-13-11-19(4)18-17-13/h11-12H,5-10,16H2,1-4H3. The van der Waals surface area contributed by atoms with Gasteiger partial charge in [0.25, 0.3) is 0 Å². The Hall–Kier alpha value is -0.900. The van der Waals surface area contributed by atoms with Crippen LogP contribution in [-0.2, 0) is 13.5 Å². The minimum Gasteiger partial charge on any atom is -0.325 e. The van der Waals surface area contributed by atoms with Gasteiger partial charge in [0.05, 0.1) is 5.69 Å². The van der Waals surface area contributed by atoms with Crippen LogP contribution in [0.2, 0.25) is 0 Å². The summed E-state index contributed by atoms with van der Waals surface area (Å²) in [7, 11) is 1.91. The highest BCUT2D eigenvalue weighted by atomic mass is 15.4. The molecule has 4 nitrogen and oxygen atoms in total. The molecule has 2 rings (SSSR count). The van der Waals surface area contributed by atoms with Crippen LogP contribution in [-0.4, -0.2) is 20.5 Å². The van der Waals surface area contributed by atoms with Crippen molar-refractivity contribution >= 4 is 0 Å². The molecule has 2 atom stereocenters. The quantitative estimate of drug-likeness (QED) is 0.836. The summed E-state index contributed by atoms with van der Waals surface area (Å²) in [6.07, 6.45) is 8.84. The third-order valence-electron chi connectivity index (χ3n) is 4.63. The Morgan fingerprint density at radius 2 is 2.11 bits per heavy atom. The van der Waals surface area contributed by atoms with Gasteiger partial charge in [0.2, 0.25) is 0 Å². The van der Waals surface area contributed by atoms with Crippen molar-refractivity contribution in [2.24, 2.45) is 24.1 Å². The van der Waals surface area contributed by atoms with Crippen molar-refractivity contribution in [3.05, 3.63) is 11.9 Å². The molecule has 0 bridgehead atoms. The lowest BCUT2D eigenvalue weighted by Gasteiger charge is -2.31. The summed E-state index contributed by atoms with van der Waals surface area (Å²) in [5.74, 6) is 0.791. The number of aromatic nitrogens is 3. The molecule has 0 spiro atoms. The van der Waals surface area contributed by atoms with Gasteiger partial charge in [-0.05, 0) is 37.0 Å². The zero-order chi connectivity index (χ0) is 14.1. The molecule has 0 radical (unpaired) electrons. The highest BCUT2D eigenvalue weighted by molar-refractivity contribution is 5.03. The summed E-state index contributed by atoms with van der Waals surface area (Å²) < 4.78 is 1.76. The van der Waals surface area contributed by atoms with Gasteiger partial charge < -0.3 is 5.73 Å². The third kappa shape index (κ3) is 3.78. The Morgan fingerprint density at radius 1 is 1.37 bits per heavy atom. The van der Waals surface area contributed by atoms with E-state index in [0.717, 1.165) is 30.9 Å². The predicted octanol–water partition coefficient (Wildman–Crippen LogP) is 2.68. The second kappa shape index (κ2) is 5.23. The van der Waals surface area contributed by atoms with E-state index in [2.05, 4.69) is 31.1 Å². The van der Waals surface area contributed by atoms with Crippen molar-refractivity contribution in [3.8, 4) is 0 Å². The summed E-state index contributed by atoms with van der Waals surface area (Å²) in [5.41, 5.74) is 7.97. The molecule has 1 fully saturated rings. The second-order valence-electron chi connectivity index (χ2n) is 7.42. The maximum Gasteiger partial charge on any atom is 0.0845 e. The van der Waals surface area contributed by atoms with E-state index in [1.54, 1.807) is 4.68 Å². The largest absolute Gasteiger partial charge is 0.325 e. The molecule has 2 unspecified atom stereocenters. The first kappa shape index (κ1) is 14.5. The van der Waals surface area contributed by atoms with E-state index in [0.29, 0.717) is 5.41 Å². The molecule has 1 aliphatic rings. The van der Waals surface area contributed by atoms with Gasteiger partial charge in [0.15, 0.2) is 0 Å². The average molecular weight is 264 g/mol. The summed E-state index contributed by atoms with van der Waals surface area (Å²) in [6.45, 7) is 7.05. The van der Waals surface area contributed by atoms with Gasteiger partial charge in [0, 0.05) is 25.2 Å². The minimum absolute atomic E-state index is 0.0873. The number of hydrogen-bond donors (Lipinski definition) is 1. The molecule has 4 heteroatoms. The van der Waals surface area contributed by atoms with Crippen molar-refractivity contribution in [2.45, 2.75) is 64.8 Å². The van der Waals surface area contributed by atoms with E-state index in [1.165, 1.54) is 19.3 Å². The van der Waals surface area contributed by atoms with Crippen LogP contribution in [0.5, 0.6) is 0 Å². The summed E-state index contributed by atoms with van der Waals surface area (Å²) >= 11 is 0. The molecule has 0 aromatic carbocycles. The second-order valence-corrected chi connectivity index (χ2v) is 7.42. The van der Waals surface area contributed by atoms with E-state index in [-0.39, 0.29) is 5.54 Å². The monoisotopic (exact) mass is 264 g/mol. The van der Waals surface area contributed by atoms with E-state index in [9.17, 15) is 0 Å². The van der Waals surface area contributed by atoms with Gasteiger partial charge in [-0.1, -0.05) is 32.4 Å². The Bertz CT molecular complexity index is 418. The first-order chi connectivity index (χ1) is 8.78. The lowest BCUT2D eigenvalue weighted by molar-refractivity contribution is 0.210. The maximum atomic E-state index is 6.63. The molecular formula is C15H28N4. The van der Waals surface area contributed by atoms with Gasteiger partial charge in [0.1, 0.15) is 0 Å². The van der Waals surface area contributed by atoms with Gasteiger partial charge in [-0.2, -0.15) is 0 Å². The van der Waals surface area contributed by atoms with Crippen LogP contribution >= 0.6 is 0 Å². The van der Waals surface area contributed by atoms with Gasteiger partial charge in [-0.3, -0.25) is 4.68 Å². The SMILES string of the molecule is Cn1cc(CC2(N)CCCC(C(C)(C)C)CC2)nn1. The van der Waals surface area contributed by atoms with Crippen LogP contribution in [0.15, 0.2) is 6.20 Å². The number of nitrogens with zero attached hydrogens (tertiary/aromatic N) is 3. The molecule has 0 amide bonds. The fourth-order valence-corrected chi connectivity index (χ4v) is 3.31. The summed E-state index contributed by atoms with van der Waals surface area (Å²) in [6, 6.07) is 0. The first-order valence-corrected chi connectivity index (χ1v) is 7.43. The molecule has 19 heavy (non-hydrogen) atoms. The Balaban J connectivity index is 2.01. The fourth-order valence-electron chi connectivity index (χ4n) is 3.31. The van der Waals surface area contributed by atoms with Gasteiger partial charge in [-0.25, -0.2) is 0 Å². The van der Waals surface area contributed by atoms with E-state index >= 15 is 0 Å². The van der Waals surface area contributed by atoms with Crippen molar-refractivity contribution in [1.29, 1.82) is 0 Å². The lowest BCUT2D eigenvalue weighted by atomic mass is 9.76. The predicted molar refractivity (Wildman–Crippen MR) is 77.7 cm³/mol. The smallest absolute Gasteiger partial charge is 0.0845 e. The molecule has 1 aromatic heterocycles. The number of rotatable bonds is 2. The number of hydrogen-bond acceptors (Lipinski definition) is 3. The topological polar surface area (TPSA) is 56.7 Å². The highest BCUT2D eigenvalue weighted by Crippen LogP contribution is 2.39. The lowest BCUT2D eigenvalue weighted by Crippen LogP contribution is -2.41. The van der Waals surface area contributed by atoms with Crippen LogP contribution in [0.4, 0.5) is 0 Å².